The van der Waals surface area contributed by atoms with Gasteiger partial charge in [0, 0.05) is 30.1 Å². The molecule has 0 saturated heterocycles. The number of rotatable bonds is 7. The minimum atomic E-state index is 0.444. The van der Waals surface area contributed by atoms with Crippen LogP contribution in [0.5, 0.6) is 0 Å². The molecule has 0 aliphatic heterocycles. The molecular weight excluding hydrogens is 260 g/mol. The molecule has 1 heterocycles. The second-order valence-electron chi connectivity index (χ2n) is 6.16. The maximum absolute atomic E-state index is 6.04. The van der Waals surface area contributed by atoms with Crippen LogP contribution in [0.25, 0.3) is 11.0 Å². The number of benzene rings is 1. The Labute approximate surface area is 127 Å². The first-order valence-electron chi connectivity index (χ1n) is 7.53. The summed E-state index contributed by atoms with van der Waals surface area (Å²) in [5.41, 5.74) is 3.42. The third-order valence-corrected chi connectivity index (χ3v) is 3.42. The van der Waals surface area contributed by atoms with Crippen molar-refractivity contribution in [3.05, 3.63) is 47.7 Å². The molecule has 0 radical (unpaired) electrons. The van der Waals surface area contributed by atoms with Gasteiger partial charge in [-0.2, -0.15) is 0 Å². The number of furan rings is 1. The SMILES string of the molecule is C=C(C)CN(C)Cc1c(CNC(C)C)oc2ccccc12. The molecule has 1 aromatic carbocycles. The van der Waals surface area contributed by atoms with E-state index >= 15 is 0 Å². The van der Waals surface area contributed by atoms with Gasteiger partial charge >= 0.3 is 0 Å². The van der Waals surface area contributed by atoms with Gasteiger partial charge in [0.2, 0.25) is 0 Å². The zero-order valence-corrected chi connectivity index (χ0v) is 13.6. The van der Waals surface area contributed by atoms with Crippen molar-refractivity contribution in [2.45, 2.75) is 39.9 Å². The molecule has 0 fully saturated rings. The molecule has 2 aromatic rings. The van der Waals surface area contributed by atoms with E-state index in [1.54, 1.807) is 0 Å². The van der Waals surface area contributed by atoms with Crippen molar-refractivity contribution >= 4 is 11.0 Å². The number of fused-ring (bicyclic) bond motifs is 1. The number of likely N-dealkylation sites (N-methyl/N-ethyl adjacent to an activating group) is 1. The van der Waals surface area contributed by atoms with E-state index in [9.17, 15) is 0 Å². The van der Waals surface area contributed by atoms with Crippen LogP contribution in [0.4, 0.5) is 0 Å². The van der Waals surface area contributed by atoms with Gasteiger partial charge in [0.05, 0.1) is 6.54 Å². The highest BCUT2D eigenvalue weighted by Crippen LogP contribution is 2.27. The first-order valence-corrected chi connectivity index (χ1v) is 7.53. The quantitative estimate of drug-likeness (QED) is 0.782. The summed E-state index contributed by atoms with van der Waals surface area (Å²) in [6.45, 7) is 12.9. The molecule has 0 atom stereocenters. The minimum absolute atomic E-state index is 0.444. The monoisotopic (exact) mass is 286 g/mol. The summed E-state index contributed by atoms with van der Waals surface area (Å²) in [4.78, 5) is 2.28. The highest BCUT2D eigenvalue weighted by Gasteiger charge is 2.15. The Kier molecular flexibility index (Phi) is 5.21. The normalized spacial score (nSPS) is 11.7. The third-order valence-electron chi connectivity index (χ3n) is 3.42. The van der Waals surface area contributed by atoms with Crippen molar-refractivity contribution in [3.63, 3.8) is 0 Å². The summed E-state index contributed by atoms with van der Waals surface area (Å²) in [6.07, 6.45) is 0. The van der Waals surface area contributed by atoms with Crippen molar-refractivity contribution in [3.8, 4) is 0 Å². The lowest BCUT2D eigenvalue weighted by atomic mass is 10.1. The lowest BCUT2D eigenvalue weighted by Gasteiger charge is -2.17. The Morgan fingerprint density at radius 2 is 2.05 bits per heavy atom. The van der Waals surface area contributed by atoms with E-state index < -0.39 is 0 Å². The molecule has 0 bridgehead atoms. The molecule has 0 amide bonds. The van der Waals surface area contributed by atoms with Crippen LogP contribution in [0.15, 0.2) is 40.8 Å². The second kappa shape index (κ2) is 6.92. The molecule has 0 aliphatic rings. The van der Waals surface area contributed by atoms with Gasteiger partial charge < -0.3 is 9.73 Å². The van der Waals surface area contributed by atoms with Crippen molar-refractivity contribution < 1.29 is 4.42 Å². The number of nitrogens with one attached hydrogen (secondary N) is 1. The van der Waals surface area contributed by atoms with E-state index in [2.05, 4.69) is 56.7 Å². The van der Waals surface area contributed by atoms with Crippen LogP contribution in [0.3, 0.4) is 0 Å². The van der Waals surface area contributed by atoms with Gasteiger partial charge in [0.25, 0.3) is 0 Å². The molecule has 114 valence electrons. The van der Waals surface area contributed by atoms with Crippen LogP contribution in [-0.2, 0) is 13.1 Å². The molecule has 3 heteroatoms. The third kappa shape index (κ3) is 4.19. The molecule has 0 spiro atoms. The number of para-hydroxylation sites is 1. The smallest absolute Gasteiger partial charge is 0.134 e. The first-order chi connectivity index (χ1) is 9.97. The molecule has 1 N–H and O–H groups in total. The first kappa shape index (κ1) is 15.8. The number of nitrogens with zero attached hydrogens (tertiary/aromatic N) is 1. The van der Waals surface area contributed by atoms with Crippen LogP contribution in [0.2, 0.25) is 0 Å². The van der Waals surface area contributed by atoms with Gasteiger partial charge in [-0.1, -0.05) is 44.2 Å². The molecule has 3 nitrogen and oxygen atoms in total. The van der Waals surface area contributed by atoms with Gasteiger partial charge in [-0.15, -0.1) is 0 Å². The zero-order valence-electron chi connectivity index (χ0n) is 13.6. The Hall–Kier alpha value is -1.58. The van der Waals surface area contributed by atoms with Crippen LogP contribution >= 0.6 is 0 Å². The average molecular weight is 286 g/mol. The van der Waals surface area contributed by atoms with Gasteiger partial charge in [0.15, 0.2) is 0 Å². The standard InChI is InChI=1S/C18H26N2O/c1-13(2)11-20(5)12-16-15-8-6-7-9-17(15)21-18(16)10-19-14(3)4/h6-9,14,19H,1,10-12H2,2-5H3. The largest absolute Gasteiger partial charge is 0.459 e. The summed E-state index contributed by atoms with van der Waals surface area (Å²) in [5, 5.41) is 4.66. The highest BCUT2D eigenvalue weighted by molar-refractivity contribution is 5.82. The molecule has 2 rings (SSSR count). The van der Waals surface area contributed by atoms with E-state index in [4.69, 9.17) is 4.42 Å². The fraction of sp³-hybridized carbons (Fsp3) is 0.444. The summed E-state index contributed by atoms with van der Waals surface area (Å²) in [7, 11) is 2.12. The molecular formula is C18H26N2O. The van der Waals surface area contributed by atoms with E-state index in [0.29, 0.717) is 6.04 Å². The minimum Gasteiger partial charge on any atom is -0.459 e. The predicted molar refractivity (Wildman–Crippen MR) is 89.3 cm³/mol. The van der Waals surface area contributed by atoms with Crippen molar-refractivity contribution in [2.24, 2.45) is 0 Å². The van der Waals surface area contributed by atoms with Crippen LogP contribution < -0.4 is 5.32 Å². The van der Waals surface area contributed by atoms with E-state index in [1.807, 2.05) is 12.1 Å². The zero-order chi connectivity index (χ0) is 15.4. The molecule has 0 aliphatic carbocycles. The van der Waals surface area contributed by atoms with Crippen LogP contribution in [0.1, 0.15) is 32.1 Å². The molecule has 0 saturated carbocycles. The van der Waals surface area contributed by atoms with E-state index in [-0.39, 0.29) is 0 Å². The molecule has 0 unspecified atom stereocenters. The van der Waals surface area contributed by atoms with Crippen LogP contribution in [-0.4, -0.2) is 24.5 Å². The van der Waals surface area contributed by atoms with Gasteiger partial charge in [-0.05, 0) is 20.0 Å². The Morgan fingerprint density at radius 1 is 1.33 bits per heavy atom. The Morgan fingerprint density at radius 3 is 2.71 bits per heavy atom. The summed E-state index contributed by atoms with van der Waals surface area (Å²) >= 11 is 0. The lowest BCUT2D eigenvalue weighted by molar-refractivity contribution is 0.350. The maximum atomic E-state index is 6.04. The fourth-order valence-electron chi connectivity index (χ4n) is 2.55. The number of hydrogen-bond acceptors (Lipinski definition) is 3. The molecule has 21 heavy (non-hydrogen) atoms. The maximum Gasteiger partial charge on any atom is 0.134 e. The van der Waals surface area contributed by atoms with E-state index in [1.165, 1.54) is 16.5 Å². The lowest BCUT2D eigenvalue weighted by Crippen LogP contribution is -2.24. The number of hydrogen-bond donors (Lipinski definition) is 1. The van der Waals surface area contributed by atoms with E-state index in [0.717, 1.165) is 31.0 Å². The van der Waals surface area contributed by atoms with Crippen molar-refractivity contribution in [2.75, 3.05) is 13.6 Å². The fourth-order valence-corrected chi connectivity index (χ4v) is 2.55. The van der Waals surface area contributed by atoms with Gasteiger partial charge in [-0.3, -0.25) is 4.90 Å². The highest BCUT2D eigenvalue weighted by atomic mass is 16.3. The average Bonchev–Trinajstić information content (AvgIpc) is 2.74. The van der Waals surface area contributed by atoms with Gasteiger partial charge in [0.1, 0.15) is 11.3 Å². The molecule has 1 aromatic heterocycles. The predicted octanol–water partition coefficient (Wildman–Crippen LogP) is 3.94. The summed E-state index contributed by atoms with van der Waals surface area (Å²) in [6, 6.07) is 8.71. The second-order valence-corrected chi connectivity index (χ2v) is 6.16. The Balaban J connectivity index is 2.28. The topological polar surface area (TPSA) is 28.4 Å². The summed E-state index contributed by atoms with van der Waals surface area (Å²) in [5.74, 6) is 1.04. The van der Waals surface area contributed by atoms with Crippen molar-refractivity contribution in [1.29, 1.82) is 0 Å². The Bertz CT molecular complexity index is 613. The van der Waals surface area contributed by atoms with Crippen LogP contribution in [0, 0.1) is 0 Å². The van der Waals surface area contributed by atoms with Gasteiger partial charge in [-0.25, -0.2) is 0 Å². The van der Waals surface area contributed by atoms with Crippen molar-refractivity contribution in [1.82, 2.24) is 10.2 Å². The summed E-state index contributed by atoms with van der Waals surface area (Å²) < 4.78 is 6.04.